The molecule has 4 heteroatoms. The van der Waals surface area contributed by atoms with Gasteiger partial charge in [-0.1, -0.05) is 62.9 Å². The minimum Gasteiger partial charge on any atom is -0.356 e. The Morgan fingerprint density at radius 3 is 2.30 bits per heavy atom. The Morgan fingerprint density at radius 1 is 0.957 bits per heavy atom. The summed E-state index contributed by atoms with van der Waals surface area (Å²) in [6.07, 6.45) is 6.37. The Labute approximate surface area is 140 Å². The number of hydrogen-bond acceptors (Lipinski definition) is 2. The highest BCUT2D eigenvalue weighted by Crippen LogP contribution is 2.11. The second-order valence-corrected chi connectivity index (χ2v) is 5.96. The smallest absolute Gasteiger partial charge is 0.220 e. The van der Waals surface area contributed by atoms with Crippen LogP contribution in [0.5, 0.6) is 0 Å². The lowest BCUT2D eigenvalue weighted by molar-refractivity contribution is -0.126. The molecule has 0 aliphatic heterocycles. The first kappa shape index (κ1) is 19.2. The molecular formula is C19H30N2O2. The lowest BCUT2D eigenvalue weighted by Gasteiger charge is -2.14. The molecule has 1 atom stereocenters. The van der Waals surface area contributed by atoms with Crippen LogP contribution in [0.25, 0.3) is 0 Å². The van der Waals surface area contributed by atoms with Gasteiger partial charge in [0.05, 0.1) is 6.04 Å². The third kappa shape index (κ3) is 9.01. The maximum absolute atomic E-state index is 11.9. The quantitative estimate of drug-likeness (QED) is 0.611. The molecule has 0 saturated carbocycles. The molecule has 1 rings (SSSR count). The van der Waals surface area contributed by atoms with Crippen LogP contribution in [-0.4, -0.2) is 18.4 Å². The fourth-order valence-corrected chi connectivity index (χ4v) is 2.41. The van der Waals surface area contributed by atoms with Crippen LogP contribution in [0.2, 0.25) is 0 Å². The Morgan fingerprint density at radius 2 is 1.61 bits per heavy atom. The predicted octanol–water partition coefficient (Wildman–Crippen LogP) is 3.73. The second kappa shape index (κ2) is 11.7. The minimum absolute atomic E-state index is 0.0367. The zero-order valence-corrected chi connectivity index (χ0v) is 14.4. The van der Waals surface area contributed by atoms with Gasteiger partial charge in [0.25, 0.3) is 0 Å². The molecule has 0 fully saturated rings. The van der Waals surface area contributed by atoms with E-state index in [-0.39, 0.29) is 30.7 Å². The Kier molecular flexibility index (Phi) is 9.76. The van der Waals surface area contributed by atoms with E-state index in [0.29, 0.717) is 6.54 Å². The van der Waals surface area contributed by atoms with E-state index in [1.165, 1.54) is 19.3 Å². The molecule has 0 aliphatic carbocycles. The van der Waals surface area contributed by atoms with Crippen molar-refractivity contribution in [1.82, 2.24) is 10.6 Å². The third-order valence-corrected chi connectivity index (χ3v) is 3.86. The number of benzene rings is 1. The molecule has 1 aromatic rings. The fraction of sp³-hybridized carbons (Fsp3) is 0.579. The van der Waals surface area contributed by atoms with Gasteiger partial charge >= 0.3 is 0 Å². The lowest BCUT2D eigenvalue weighted by Crippen LogP contribution is -2.29. The number of unbranched alkanes of at least 4 members (excludes halogenated alkanes) is 4. The summed E-state index contributed by atoms with van der Waals surface area (Å²) < 4.78 is 0. The van der Waals surface area contributed by atoms with Gasteiger partial charge in [0.2, 0.25) is 11.8 Å². The summed E-state index contributed by atoms with van der Waals surface area (Å²) in [7, 11) is 0. The van der Waals surface area contributed by atoms with Crippen molar-refractivity contribution in [1.29, 1.82) is 0 Å². The van der Waals surface area contributed by atoms with Gasteiger partial charge in [-0.05, 0) is 18.9 Å². The van der Waals surface area contributed by atoms with Crippen molar-refractivity contribution in [2.45, 2.75) is 64.8 Å². The zero-order valence-electron chi connectivity index (χ0n) is 14.4. The van der Waals surface area contributed by atoms with Crippen molar-refractivity contribution in [2.24, 2.45) is 0 Å². The van der Waals surface area contributed by atoms with E-state index in [1.807, 2.05) is 37.3 Å². The van der Waals surface area contributed by atoms with Gasteiger partial charge in [-0.15, -0.1) is 0 Å². The maximum atomic E-state index is 11.9. The molecule has 128 valence electrons. The molecule has 1 aromatic carbocycles. The SMILES string of the molecule is CCCCCCCNC(=O)CCC(=O)N[C@H](C)c1ccccc1. The minimum atomic E-state index is -0.0838. The number of amides is 2. The second-order valence-electron chi connectivity index (χ2n) is 5.96. The summed E-state index contributed by atoms with van der Waals surface area (Å²) in [6.45, 7) is 4.85. The highest BCUT2D eigenvalue weighted by Gasteiger charge is 2.10. The van der Waals surface area contributed by atoms with E-state index in [0.717, 1.165) is 18.4 Å². The molecule has 0 radical (unpaired) electrons. The standard InChI is InChI=1S/C19H30N2O2/c1-3-4-5-6-10-15-20-18(22)13-14-19(23)21-16(2)17-11-8-7-9-12-17/h7-9,11-12,16H,3-6,10,13-15H2,1-2H3,(H,20,22)(H,21,23)/t16-/m1/s1. The van der Waals surface area contributed by atoms with Crippen LogP contribution in [-0.2, 0) is 9.59 Å². The molecule has 0 heterocycles. The molecule has 0 spiro atoms. The maximum Gasteiger partial charge on any atom is 0.220 e. The number of carbonyl (C=O) groups is 2. The van der Waals surface area contributed by atoms with E-state index >= 15 is 0 Å². The van der Waals surface area contributed by atoms with Crippen molar-refractivity contribution in [3.8, 4) is 0 Å². The van der Waals surface area contributed by atoms with Crippen LogP contribution in [0.4, 0.5) is 0 Å². The summed E-state index contributed by atoms with van der Waals surface area (Å²) in [5, 5.41) is 5.80. The van der Waals surface area contributed by atoms with E-state index in [4.69, 9.17) is 0 Å². The van der Waals surface area contributed by atoms with Gasteiger partial charge in [0.15, 0.2) is 0 Å². The normalized spacial score (nSPS) is 11.7. The molecule has 4 nitrogen and oxygen atoms in total. The van der Waals surface area contributed by atoms with E-state index < -0.39 is 0 Å². The van der Waals surface area contributed by atoms with Gasteiger partial charge in [-0.25, -0.2) is 0 Å². The average Bonchev–Trinajstić information content (AvgIpc) is 2.57. The predicted molar refractivity (Wildman–Crippen MR) is 94.0 cm³/mol. The number of rotatable bonds is 11. The lowest BCUT2D eigenvalue weighted by atomic mass is 10.1. The molecule has 0 unspecified atom stereocenters. The molecular weight excluding hydrogens is 288 g/mol. The van der Waals surface area contributed by atoms with Crippen LogP contribution in [0.3, 0.4) is 0 Å². The first-order chi connectivity index (χ1) is 11.1. The third-order valence-electron chi connectivity index (χ3n) is 3.86. The van der Waals surface area contributed by atoms with Gasteiger partial charge in [-0.2, -0.15) is 0 Å². The number of nitrogens with one attached hydrogen (secondary N) is 2. The Balaban J connectivity index is 2.12. The fourth-order valence-electron chi connectivity index (χ4n) is 2.41. The Hall–Kier alpha value is -1.84. The molecule has 2 N–H and O–H groups in total. The monoisotopic (exact) mass is 318 g/mol. The van der Waals surface area contributed by atoms with E-state index in [1.54, 1.807) is 0 Å². The highest BCUT2D eigenvalue weighted by molar-refractivity contribution is 5.83. The molecule has 2 amide bonds. The van der Waals surface area contributed by atoms with Crippen molar-refractivity contribution < 1.29 is 9.59 Å². The van der Waals surface area contributed by atoms with Gasteiger partial charge < -0.3 is 10.6 Å². The number of carbonyl (C=O) groups excluding carboxylic acids is 2. The molecule has 0 aromatic heterocycles. The topological polar surface area (TPSA) is 58.2 Å². The Bertz CT molecular complexity index is 460. The van der Waals surface area contributed by atoms with Crippen molar-refractivity contribution in [2.75, 3.05) is 6.54 Å². The van der Waals surface area contributed by atoms with Gasteiger partial charge in [0.1, 0.15) is 0 Å². The van der Waals surface area contributed by atoms with Gasteiger partial charge in [-0.3, -0.25) is 9.59 Å². The average molecular weight is 318 g/mol. The molecule has 23 heavy (non-hydrogen) atoms. The van der Waals surface area contributed by atoms with Crippen molar-refractivity contribution in [3.05, 3.63) is 35.9 Å². The zero-order chi connectivity index (χ0) is 16.9. The summed E-state index contributed by atoms with van der Waals surface area (Å²) in [5.74, 6) is -0.123. The summed E-state index contributed by atoms with van der Waals surface area (Å²) >= 11 is 0. The summed E-state index contributed by atoms with van der Waals surface area (Å²) in [5.41, 5.74) is 1.07. The van der Waals surface area contributed by atoms with Crippen LogP contribution in [0.1, 0.15) is 70.4 Å². The van der Waals surface area contributed by atoms with Crippen LogP contribution < -0.4 is 10.6 Å². The first-order valence-electron chi connectivity index (χ1n) is 8.74. The first-order valence-corrected chi connectivity index (χ1v) is 8.74. The van der Waals surface area contributed by atoms with Crippen LogP contribution >= 0.6 is 0 Å². The summed E-state index contributed by atoms with van der Waals surface area (Å²) in [6, 6.07) is 9.78. The number of hydrogen-bond donors (Lipinski definition) is 2. The summed E-state index contributed by atoms with van der Waals surface area (Å²) in [4.78, 5) is 23.6. The van der Waals surface area contributed by atoms with Crippen LogP contribution in [0.15, 0.2) is 30.3 Å². The molecule has 0 bridgehead atoms. The largest absolute Gasteiger partial charge is 0.356 e. The van der Waals surface area contributed by atoms with Crippen molar-refractivity contribution in [3.63, 3.8) is 0 Å². The highest BCUT2D eigenvalue weighted by atomic mass is 16.2. The molecule has 0 saturated heterocycles. The van der Waals surface area contributed by atoms with Crippen LogP contribution in [0, 0.1) is 0 Å². The van der Waals surface area contributed by atoms with E-state index in [2.05, 4.69) is 17.6 Å². The van der Waals surface area contributed by atoms with E-state index in [9.17, 15) is 9.59 Å². The molecule has 0 aliphatic rings. The van der Waals surface area contributed by atoms with Gasteiger partial charge in [0, 0.05) is 19.4 Å². The van der Waals surface area contributed by atoms with Crippen molar-refractivity contribution >= 4 is 11.8 Å².